The summed E-state index contributed by atoms with van der Waals surface area (Å²) >= 11 is 0. The standard InChI is InChI=1S/C33H39N7O2/c1-23-7-5-6-10-27(23)31(42)28-19-34-32-30(28)33(36-22-35-32)38-26-13-11-25(12-14-26)37-29(41)21-40-17-15-39(16-18-40)20-24-8-3-2-4-9-24/h2-10,19,22,25-26H,11-18,20-21H2,1H3,(H,37,41)(H2,34,35,36,38). The third-order valence-electron chi connectivity index (χ3n) is 8.62. The molecule has 42 heavy (non-hydrogen) atoms. The molecule has 3 N–H and O–H groups in total. The molecular formula is C33H39N7O2. The topological polar surface area (TPSA) is 106 Å². The van der Waals surface area contributed by atoms with Gasteiger partial charge in [-0.2, -0.15) is 0 Å². The van der Waals surface area contributed by atoms with Crippen molar-refractivity contribution in [1.82, 2.24) is 30.1 Å². The Kier molecular flexibility index (Phi) is 8.58. The predicted molar refractivity (Wildman–Crippen MR) is 164 cm³/mol. The highest BCUT2D eigenvalue weighted by Gasteiger charge is 2.26. The molecule has 2 fully saturated rings. The van der Waals surface area contributed by atoms with Crippen molar-refractivity contribution in [3.63, 3.8) is 0 Å². The van der Waals surface area contributed by atoms with E-state index in [0.29, 0.717) is 29.1 Å². The van der Waals surface area contributed by atoms with Gasteiger partial charge in [-0.05, 0) is 43.7 Å². The summed E-state index contributed by atoms with van der Waals surface area (Å²) in [4.78, 5) is 43.0. The van der Waals surface area contributed by atoms with Crippen molar-refractivity contribution in [2.24, 2.45) is 0 Å². The Bertz CT molecular complexity index is 1520. The maximum absolute atomic E-state index is 13.4. The van der Waals surface area contributed by atoms with E-state index in [4.69, 9.17) is 0 Å². The minimum Gasteiger partial charge on any atom is -0.367 e. The van der Waals surface area contributed by atoms with Crippen molar-refractivity contribution in [3.8, 4) is 0 Å². The number of H-pyrrole nitrogens is 1. The van der Waals surface area contributed by atoms with E-state index in [9.17, 15) is 9.59 Å². The van der Waals surface area contributed by atoms with E-state index in [1.54, 1.807) is 6.20 Å². The SMILES string of the molecule is Cc1ccccc1C(=O)c1c[nH]c2ncnc(NC3CCC(NC(=O)CN4CCN(Cc5ccccc5)CC4)CC3)c12. The molecule has 0 spiro atoms. The Morgan fingerprint density at radius 2 is 1.55 bits per heavy atom. The maximum Gasteiger partial charge on any atom is 0.234 e. The van der Waals surface area contributed by atoms with Crippen LogP contribution in [0.4, 0.5) is 5.82 Å². The number of nitrogens with one attached hydrogen (secondary N) is 3. The van der Waals surface area contributed by atoms with Crippen LogP contribution >= 0.6 is 0 Å². The molecule has 1 aliphatic heterocycles. The van der Waals surface area contributed by atoms with Crippen molar-refractivity contribution in [1.29, 1.82) is 0 Å². The molecule has 6 rings (SSSR count). The van der Waals surface area contributed by atoms with Gasteiger partial charge in [0.25, 0.3) is 0 Å². The van der Waals surface area contributed by atoms with Crippen LogP contribution < -0.4 is 10.6 Å². The van der Waals surface area contributed by atoms with Crippen LogP contribution in [0, 0.1) is 6.92 Å². The van der Waals surface area contributed by atoms with Gasteiger partial charge in [0.15, 0.2) is 5.78 Å². The van der Waals surface area contributed by atoms with Gasteiger partial charge in [0.2, 0.25) is 5.91 Å². The zero-order valence-electron chi connectivity index (χ0n) is 24.2. The number of anilines is 1. The van der Waals surface area contributed by atoms with Crippen molar-refractivity contribution < 1.29 is 9.59 Å². The Labute approximate surface area is 246 Å². The monoisotopic (exact) mass is 565 g/mol. The van der Waals surface area contributed by atoms with Crippen LogP contribution in [0.25, 0.3) is 11.0 Å². The van der Waals surface area contributed by atoms with Crippen molar-refractivity contribution >= 4 is 28.5 Å². The Morgan fingerprint density at radius 1 is 0.857 bits per heavy atom. The maximum atomic E-state index is 13.4. The quantitative estimate of drug-likeness (QED) is 0.262. The average molecular weight is 566 g/mol. The Morgan fingerprint density at radius 3 is 2.31 bits per heavy atom. The number of carbonyl (C=O) groups excluding carboxylic acids is 2. The van der Waals surface area contributed by atoms with E-state index in [1.165, 1.54) is 11.9 Å². The number of rotatable bonds is 9. The van der Waals surface area contributed by atoms with E-state index >= 15 is 0 Å². The van der Waals surface area contributed by atoms with Crippen LogP contribution in [0.15, 0.2) is 67.1 Å². The Hall–Kier alpha value is -4.08. The molecule has 1 saturated carbocycles. The van der Waals surface area contributed by atoms with E-state index < -0.39 is 0 Å². The van der Waals surface area contributed by atoms with Gasteiger partial charge in [0.05, 0.1) is 17.5 Å². The molecule has 9 nitrogen and oxygen atoms in total. The van der Waals surface area contributed by atoms with Gasteiger partial charge < -0.3 is 15.6 Å². The van der Waals surface area contributed by atoms with E-state index in [1.807, 2.05) is 37.3 Å². The summed E-state index contributed by atoms with van der Waals surface area (Å²) in [5, 5.41) is 7.59. The second-order valence-electron chi connectivity index (χ2n) is 11.6. The molecule has 1 aliphatic carbocycles. The van der Waals surface area contributed by atoms with Crippen LogP contribution in [0.5, 0.6) is 0 Å². The number of fused-ring (bicyclic) bond motifs is 1. The van der Waals surface area contributed by atoms with Gasteiger partial charge in [0, 0.05) is 56.6 Å². The number of benzene rings is 2. The fourth-order valence-corrected chi connectivity index (χ4v) is 6.22. The summed E-state index contributed by atoms with van der Waals surface area (Å²) < 4.78 is 0. The molecule has 2 aliphatic rings. The number of hydrogen-bond donors (Lipinski definition) is 3. The second kappa shape index (κ2) is 12.8. The lowest BCUT2D eigenvalue weighted by Crippen LogP contribution is -2.50. The van der Waals surface area contributed by atoms with Crippen LogP contribution in [0.2, 0.25) is 0 Å². The van der Waals surface area contributed by atoms with Gasteiger partial charge in [-0.3, -0.25) is 19.4 Å². The van der Waals surface area contributed by atoms with Gasteiger partial charge in [-0.1, -0.05) is 54.6 Å². The summed E-state index contributed by atoms with van der Waals surface area (Å²) in [5.74, 6) is 0.755. The molecule has 0 unspecified atom stereocenters. The molecule has 218 valence electrons. The minimum absolute atomic E-state index is 0.0405. The lowest BCUT2D eigenvalue weighted by molar-refractivity contribution is -0.123. The van der Waals surface area contributed by atoms with Gasteiger partial charge in [-0.15, -0.1) is 0 Å². The van der Waals surface area contributed by atoms with Gasteiger partial charge in [0.1, 0.15) is 17.8 Å². The number of aromatic amines is 1. The first-order chi connectivity index (χ1) is 20.5. The summed E-state index contributed by atoms with van der Waals surface area (Å²) in [6.07, 6.45) is 6.90. The summed E-state index contributed by atoms with van der Waals surface area (Å²) in [5.41, 5.74) is 4.17. The third kappa shape index (κ3) is 6.53. The molecule has 1 amide bonds. The number of amides is 1. The number of aromatic nitrogens is 3. The third-order valence-corrected chi connectivity index (χ3v) is 8.62. The smallest absolute Gasteiger partial charge is 0.234 e. The normalized spacial score (nSPS) is 19.9. The van der Waals surface area contributed by atoms with E-state index in [0.717, 1.165) is 69.4 Å². The highest BCUT2D eigenvalue weighted by molar-refractivity contribution is 6.18. The largest absolute Gasteiger partial charge is 0.367 e. The zero-order valence-corrected chi connectivity index (χ0v) is 24.2. The van der Waals surface area contributed by atoms with Crippen molar-refractivity contribution in [2.75, 3.05) is 38.0 Å². The molecular weight excluding hydrogens is 526 g/mol. The molecule has 1 saturated heterocycles. The average Bonchev–Trinajstić information content (AvgIpc) is 3.45. The van der Waals surface area contributed by atoms with Crippen LogP contribution in [-0.2, 0) is 11.3 Å². The molecule has 9 heteroatoms. The fraction of sp³-hybridized carbons (Fsp3) is 0.394. The minimum atomic E-state index is -0.0405. The molecule has 2 aromatic heterocycles. The Balaban J connectivity index is 0.987. The lowest BCUT2D eigenvalue weighted by Gasteiger charge is -2.35. The first-order valence-corrected chi connectivity index (χ1v) is 15.0. The molecule has 0 bridgehead atoms. The summed E-state index contributed by atoms with van der Waals surface area (Å²) in [6, 6.07) is 18.6. The number of ketones is 1. The molecule has 2 aromatic carbocycles. The number of aryl methyl sites for hydroxylation is 1. The number of hydrogen-bond acceptors (Lipinski definition) is 7. The first kappa shape index (κ1) is 28.1. The van der Waals surface area contributed by atoms with Gasteiger partial charge in [-0.25, -0.2) is 9.97 Å². The molecule has 3 heterocycles. The highest BCUT2D eigenvalue weighted by Crippen LogP contribution is 2.29. The highest BCUT2D eigenvalue weighted by atomic mass is 16.2. The predicted octanol–water partition coefficient (Wildman–Crippen LogP) is 4.15. The van der Waals surface area contributed by atoms with E-state index in [2.05, 4.69) is 59.7 Å². The molecule has 4 aromatic rings. The van der Waals surface area contributed by atoms with E-state index in [-0.39, 0.29) is 23.8 Å². The zero-order chi connectivity index (χ0) is 28.9. The number of piperazine rings is 1. The second-order valence-corrected chi connectivity index (χ2v) is 11.6. The van der Waals surface area contributed by atoms with Crippen molar-refractivity contribution in [3.05, 3.63) is 89.4 Å². The lowest BCUT2D eigenvalue weighted by atomic mass is 9.91. The van der Waals surface area contributed by atoms with Crippen LogP contribution in [-0.4, -0.2) is 81.2 Å². The first-order valence-electron chi connectivity index (χ1n) is 15.0. The van der Waals surface area contributed by atoms with Gasteiger partial charge >= 0.3 is 0 Å². The summed E-state index contributed by atoms with van der Waals surface area (Å²) in [7, 11) is 0. The molecule has 0 radical (unpaired) electrons. The van der Waals surface area contributed by atoms with Crippen molar-refractivity contribution in [2.45, 2.75) is 51.2 Å². The number of carbonyl (C=O) groups is 2. The van der Waals surface area contributed by atoms with Crippen LogP contribution in [0.3, 0.4) is 0 Å². The summed E-state index contributed by atoms with van der Waals surface area (Å²) in [6.45, 7) is 7.16. The number of nitrogens with zero attached hydrogens (tertiary/aromatic N) is 4. The van der Waals surface area contributed by atoms with Crippen LogP contribution in [0.1, 0.15) is 52.7 Å². The fourth-order valence-electron chi connectivity index (χ4n) is 6.22. The molecule has 0 atom stereocenters.